The smallest absolute Gasteiger partial charge is 0.205 e. The molecule has 0 amide bonds. The molecule has 0 bridgehead atoms. The monoisotopic (exact) mass is 357 g/mol. The summed E-state index contributed by atoms with van der Waals surface area (Å²) in [7, 11) is 0. The highest BCUT2D eigenvalue weighted by atomic mass is 79.9. The Kier molecular flexibility index (Phi) is 3.14. The molecule has 0 radical (unpaired) electrons. The number of hydrogen-bond donors (Lipinski definition) is 1. The third kappa shape index (κ3) is 2.14. The molecule has 3 nitrogen and oxygen atoms in total. The zero-order chi connectivity index (χ0) is 14.4. The maximum Gasteiger partial charge on any atom is 0.205 e. The Bertz CT molecular complexity index is 812. The molecule has 0 fully saturated rings. The fourth-order valence-corrected chi connectivity index (χ4v) is 2.58. The number of rotatable bonds is 1. The Hall–Kier alpha value is -1.66. The predicted molar refractivity (Wildman–Crippen MR) is 78.1 cm³/mol. The number of aromatic nitrogens is 2. The number of imidazole rings is 1. The standard InChI is InChI=1S/C13H7BrClF2N3/c14-9-4-11-12(5-10(9)17)20(13(18)19-11)8-2-6(15)1-7(16)3-8/h1-5H,(H2,18,19). The highest BCUT2D eigenvalue weighted by Crippen LogP contribution is 2.29. The van der Waals surface area contributed by atoms with Crippen LogP contribution in [0.1, 0.15) is 0 Å². The van der Waals surface area contributed by atoms with Crippen molar-refractivity contribution in [1.29, 1.82) is 0 Å². The van der Waals surface area contributed by atoms with E-state index in [0.29, 0.717) is 16.7 Å². The van der Waals surface area contributed by atoms with Gasteiger partial charge in [-0.1, -0.05) is 11.6 Å². The van der Waals surface area contributed by atoms with Crippen LogP contribution < -0.4 is 5.73 Å². The van der Waals surface area contributed by atoms with E-state index in [2.05, 4.69) is 20.9 Å². The summed E-state index contributed by atoms with van der Waals surface area (Å²) < 4.78 is 28.9. The van der Waals surface area contributed by atoms with Gasteiger partial charge in [0.1, 0.15) is 11.6 Å². The van der Waals surface area contributed by atoms with Gasteiger partial charge in [-0.05, 0) is 40.2 Å². The van der Waals surface area contributed by atoms with Gasteiger partial charge in [-0.25, -0.2) is 13.8 Å². The SMILES string of the molecule is Nc1nc2cc(Br)c(F)cc2n1-c1cc(F)cc(Cl)c1. The third-order valence-corrected chi connectivity index (χ3v) is 3.65. The first-order valence-corrected chi connectivity index (χ1v) is 6.72. The molecule has 2 N–H and O–H groups in total. The van der Waals surface area contributed by atoms with Crippen LogP contribution in [0.2, 0.25) is 5.02 Å². The van der Waals surface area contributed by atoms with Gasteiger partial charge >= 0.3 is 0 Å². The molecule has 3 aromatic rings. The molecule has 0 saturated carbocycles. The van der Waals surface area contributed by atoms with Crippen molar-refractivity contribution < 1.29 is 8.78 Å². The molecule has 0 spiro atoms. The van der Waals surface area contributed by atoms with E-state index in [1.807, 2.05) is 0 Å². The van der Waals surface area contributed by atoms with Crippen LogP contribution in [-0.2, 0) is 0 Å². The van der Waals surface area contributed by atoms with Crippen LogP contribution in [0.5, 0.6) is 0 Å². The predicted octanol–water partition coefficient (Wildman–Crippen LogP) is 4.30. The Balaban J connectivity index is 2.35. The van der Waals surface area contributed by atoms with Gasteiger partial charge in [0, 0.05) is 11.1 Å². The van der Waals surface area contributed by atoms with Crippen LogP contribution in [0, 0.1) is 11.6 Å². The molecule has 102 valence electrons. The van der Waals surface area contributed by atoms with Gasteiger partial charge in [0.25, 0.3) is 0 Å². The Morgan fingerprint density at radius 1 is 1.15 bits per heavy atom. The lowest BCUT2D eigenvalue weighted by molar-refractivity contribution is 0.622. The number of nitrogens with two attached hydrogens (primary N) is 1. The van der Waals surface area contributed by atoms with Crippen molar-refractivity contribution in [2.45, 2.75) is 0 Å². The van der Waals surface area contributed by atoms with Crippen molar-refractivity contribution in [2.75, 3.05) is 5.73 Å². The van der Waals surface area contributed by atoms with E-state index < -0.39 is 11.6 Å². The van der Waals surface area contributed by atoms with Crippen LogP contribution in [0.15, 0.2) is 34.8 Å². The molecule has 0 atom stereocenters. The number of nitrogen functional groups attached to an aromatic ring is 1. The second-order valence-corrected chi connectivity index (χ2v) is 5.48. The highest BCUT2D eigenvalue weighted by molar-refractivity contribution is 9.10. The van der Waals surface area contributed by atoms with E-state index in [4.69, 9.17) is 17.3 Å². The molecule has 0 aliphatic carbocycles. The van der Waals surface area contributed by atoms with Crippen LogP contribution in [0.25, 0.3) is 16.7 Å². The molecular formula is C13H7BrClF2N3. The zero-order valence-electron chi connectivity index (χ0n) is 9.87. The maximum atomic E-state index is 13.7. The summed E-state index contributed by atoms with van der Waals surface area (Å²) >= 11 is 8.91. The van der Waals surface area contributed by atoms with Crippen molar-refractivity contribution in [3.63, 3.8) is 0 Å². The van der Waals surface area contributed by atoms with E-state index in [1.165, 1.54) is 34.9 Å². The third-order valence-electron chi connectivity index (χ3n) is 2.83. The van der Waals surface area contributed by atoms with E-state index in [-0.39, 0.29) is 15.4 Å². The summed E-state index contributed by atoms with van der Waals surface area (Å²) in [6, 6.07) is 6.75. The van der Waals surface area contributed by atoms with Crippen molar-refractivity contribution in [3.8, 4) is 5.69 Å². The van der Waals surface area contributed by atoms with Gasteiger partial charge in [0.2, 0.25) is 5.95 Å². The molecule has 1 heterocycles. The minimum absolute atomic E-state index is 0.124. The molecule has 0 aliphatic heterocycles. The Morgan fingerprint density at radius 3 is 2.60 bits per heavy atom. The number of fused-ring (bicyclic) bond motifs is 1. The maximum absolute atomic E-state index is 13.7. The van der Waals surface area contributed by atoms with E-state index in [9.17, 15) is 8.78 Å². The summed E-state index contributed by atoms with van der Waals surface area (Å²) in [6.45, 7) is 0. The quantitative estimate of drug-likeness (QED) is 0.705. The Labute approximate surface area is 126 Å². The molecule has 0 unspecified atom stereocenters. The van der Waals surface area contributed by atoms with Gasteiger partial charge in [-0.3, -0.25) is 4.57 Å². The molecule has 7 heteroatoms. The normalized spacial score (nSPS) is 11.2. The molecule has 3 rings (SSSR count). The summed E-state index contributed by atoms with van der Waals surface area (Å²) in [5.74, 6) is -0.841. The van der Waals surface area contributed by atoms with E-state index in [1.54, 1.807) is 0 Å². The number of anilines is 1. The second-order valence-electron chi connectivity index (χ2n) is 4.19. The number of halogens is 4. The Morgan fingerprint density at radius 2 is 1.90 bits per heavy atom. The fraction of sp³-hybridized carbons (Fsp3) is 0. The topological polar surface area (TPSA) is 43.8 Å². The van der Waals surface area contributed by atoms with E-state index >= 15 is 0 Å². The molecule has 20 heavy (non-hydrogen) atoms. The largest absolute Gasteiger partial charge is 0.369 e. The lowest BCUT2D eigenvalue weighted by Crippen LogP contribution is -2.01. The van der Waals surface area contributed by atoms with E-state index in [0.717, 1.165) is 0 Å². The summed E-state index contributed by atoms with van der Waals surface area (Å²) in [4.78, 5) is 4.13. The van der Waals surface area contributed by atoms with Crippen LogP contribution in [0.3, 0.4) is 0 Å². The first-order valence-electron chi connectivity index (χ1n) is 5.55. The van der Waals surface area contributed by atoms with Gasteiger partial charge in [-0.15, -0.1) is 0 Å². The average molecular weight is 359 g/mol. The van der Waals surface area contributed by atoms with Crippen LogP contribution in [0.4, 0.5) is 14.7 Å². The van der Waals surface area contributed by atoms with Crippen LogP contribution >= 0.6 is 27.5 Å². The number of benzene rings is 2. The van der Waals surface area contributed by atoms with Gasteiger partial charge in [-0.2, -0.15) is 0 Å². The van der Waals surface area contributed by atoms with Gasteiger partial charge < -0.3 is 5.73 Å². The van der Waals surface area contributed by atoms with Gasteiger partial charge in [0.05, 0.1) is 21.2 Å². The van der Waals surface area contributed by atoms with Crippen molar-refractivity contribution >= 4 is 44.5 Å². The molecule has 0 aliphatic rings. The summed E-state index contributed by atoms with van der Waals surface area (Å²) in [5, 5.41) is 0.221. The minimum atomic E-state index is -0.508. The number of nitrogens with zero attached hydrogens (tertiary/aromatic N) is 2. The molecule has 2 aromatic carbocycles. The number of hydrogen-bond acceptors (Lipinski definition) is 2. The zero-order valence-corrected chi connectivity index (χ0v) is 12.2. The summed E-state index contributed by atoms with van der Waals surface area (Å²) in [6.07, 6.45) is 0. The fourth-order valence-electron chi connectivity index (χ4n) is 2.03. The second kappa shape index (κ2) is 4.71. The molecule has 1 aromatic heterocycles. The lowest BCUT2D eigenvalue weighted by Gasteiger charge is -2.07. The average Bonchev–Trinajstić information content (AvgIpc) is 2.64. The van der Waals surface area contributed by atoms with Crippen LogP contribution in [-0.4, -0.2) is 9.55 Å². The first-order chi connectivity index (χ1) is 9.45. The molecular weight excluding hydrogens is 352 g/mol. The first kappa shape index (κ1) is 13.3. The van der Waals surface area contributed by atoms with Gasteiger partial charge in [0.15, 0.2) is 0 Å². The van der Waals surface area contributed by atoms with Crippen molar-refractivity contribution in [2.24, 2.45) is 0 Å². The summed E-state index contributed by atoms with van der Waals surface area (Å²) in [5.41, 5.74) is 7.15. The lowest BCUT2D eigenvalue weighted by atomic mass is 10.2. The molecule has 0 saturated heterocycles. The van der Waals surface area contributed by atoms with Crippen molar-refractivity contribution in [3.05, 3.63) is 51.5 Å². The minimum Gasteiger partial charge on any atom is -0.369 e. The van der Waals surface area contributed by atoms with Crippen molar-refractivity contribution in [1.82, 2.24) is 9.55 Å². The highest BCUT2D eigenvalue weighted by Gasteiger charge is 2.14.